The van der Waals surface area contributed by atoms with Crippen LogP contribution in [0.2, 0.25) is 0 Å². The maximum absolute atomic E-state index is 12.2. The van der Waals surface area contributed by atoms with Crippen LogP contribution in [0, 0.1) is 13.8 Å². The van der Waals surface area contributed by atoms with Crippen LogP contribution in [0.15, 0.2) is 22.7 Å². The third-order valence-electron chi connectivity index (χ3n) is 2.94. The Hall–Kier alpha value is -1.40. The summed E-state index contributed by atoms with van der Waals surface area (Å²) in [5.74, 6) is -0.122. The fourth-order valence-corrected chi connectivity index (χ4v) is 3.27. The molecule has 0 aliphatic carbocycles. The molecule has 1 heterocycles. The monoisotopic (exact) mass is 353 g/mol. The van der Waals surface area contributed by atoms with E-state index < -0.39 is 0 Å². The van der Waals surface area contributed by atoms with Gasteiger partial charge in [0.25, 0.3) is 5.91 Å². The molecule has 1 amide bonds. The number of halogens is 1. The van der Waals surface area contributed by atoms with Crippen LogP contribution in [0.4, 0.5) is 5.69 Å². The first kappa shape index (κ1) is 15.0. The molecular formula is C14H16BrN3OS. The van der Waals surface area contributed by atoms with Gasteiger partial charge in [0, 0.05) is 20.6 Å². The molecule has 0 saturated carbocycles. The van der Waals surface area contributed by atoms with Crippen molar-refractivity contribution < 1.29 is 4.79 Å². The molecule has 6 heteroatoms. The Morgan fingerprint density at radius 3 is 2.70 bits per heavy atom. The number of thiazole rings is 1. The number of nitrogens with two attached hydrogens (primary N) is 1. The highest BCUT2D eigenvalue weighted by Gasteiger charge is 2.16. The summed E-state index contributed by atoms with van der Waals surface area (Å²) in [6.45, 7) is 5.89. The number of carbonyl (C=O) groups is 1. The van der Waals surface area contributed by atoms with E-state index in [1.807, 2.05) is 20.8 Å². The number of aromatic nitrogens is 1. The van der Waals surface area contributed by atoms with Crippen LogP contribution in [0.25, 0.3) is 0 Å². The number of hydrogen-bond donors (Lipinski definition) is 2. The second-order valence-electron chi connectivity index (χ2n) is 4.61. The van der Waals surface area contributed by atoms with E-state index in [4.69, 9.17) is 5.73 Å². The van der Waals surface area contributed by atoms with Crippen molar-refractivity contribution in [1.82, 2.24) is 10.3 Å². The van der Waals surface area contributed by atoms with Gasteiger partial charge in [-0.1, -0.05) is 0 Å². The number of amides is 1. The fourth-order valence-electron chi connectivity index (χ4n) is 1.96. The lowest BCUT2D eigenvalue weighted by molar-refractivity contribution is 0.0940. The number of nitrogens with one attached hydrogen (secondary N) is 1. The van der Waals surface area contributed by atoms with Crippen LogP contribution in [0.3, 0.4) is 0 Å². The van der Waals surface area contributed by atoms with Gasteiger partial charge in [0.1, 0.15) is 0 Å². The van der Waals surface area contributed by atoms with Gasteiger partial charge in [-0.25, -0.2) is 4.98 Å². The van der Waals surface area contributed by atoms with Crippen molar-refractivity contribution in [1.29, 1.82) is 0 Å². The predicted molar refractivity (Wildman–Crippen MR) is 86.0 cm³/mol. The van der Waals surface area contributed by atoms with E-state index in [0.717, 1.165) is 20.1 Å². The van der Waals surface area contributed by atoms with Crippen LogP contribution in [-0.2, 0) is 0 Å². The van der Waals surface area contributed by atoms with Gasteiger partial charge in [-0.05, 0) is 54.9 Å². The largest absolute Gasteiger partial charge is 0.398 e. The van der Waals surface area contributed by atoms with Gasteiger partial charge in [-0.15, -0.1) is 11.3 Å². The summed E-state index contributed by atoms with van der Waals surface area (Å²) in [5, 5.41) is 3.99. The molecule has 106 valence electrons. The summed E-state index contributed by atoms with van der Waals surface area (Å²) >= 11 is 4.94. The Balaban J connectivity index is 2.15. The summed E-state index contributed by atoms with van der Waals surface area (Å²) in [6, 6.07) is 5.09. The molecule has 0 spiro atoms. The van der Waals surface area contributed by atoms with Crippen molar-refractivity contribution in [3.8, 4) is 0 Å². The number of benzene rings is 1. The van der Waals surface area contributed by atoms with Crippen LogP contribution < -0.4 is 11.1 Å². The Kier molecular flexibility index (Phi) is 4.45. The zero-order chi connectivity index (χ0) is 14.9. The van der Waals surface area contributed by atoms with Gasteiger partial charge in [-0.3, -0.25) is 4.79 Å². The van der Waals surface area contributed by atoms with E-state index in [0.29, 0.717) is 11.3 Å². The van der Waals surface area contributed by atoms with Crippen molar-refractivity contribution in [3.63, 3.8) is 0 Å². The lowest BCUT2D eigenvalue weighted by atomic mass is 10.1. The number of nitrogen functional groups attached to an aromatic ring is 1. The summed E-state index contributed by atoms with van der Waals surface area (Å²) < 4.78 is 0.725. The first-order chi connectivity index (χ1) is 9.38. The minimum atomic E-state index is -0.122. The number of nitrogens with zero attached hydrogens (tertiary/aromatic N) is 1. The predicted octanol–water partition coefficient (Wildman–Crippen LogP) is 3.60. The maximum atomic E-state index is 12.2. The number of anilines is 1. The Bertz CT molecular complexity index is 654. The van der Waals surface area contributed by atoms with Crippen LogP contribution in [-0.4, -0.2) is 10.9 Å². The first-order valence-electron chi connectivity index (χ1n) is 6.18. The van der Waals surface area contributed by atoms with Gasteiger partial charge in [0.05, 0.1) is 16.7 Å². The summed E-state index contributed by atoms with van der Waals surface area (Å²) in [7, 11) is 0. The number of carbonyl (C=O) groups excluding carboxylic acids is 1. The molecule has 0 fully saturated rings. The Morgan fingerprint density at radius 1 is 1.45 bits per heavy atom. The van der Waals surface area contributed by atoms with Gasteiger partial charge in [0.15, 0.2) is 0 Å². The molecule has 1 unspecified atom stereocenters. The van der Waals surface area contributed by atoms with Gasteiger partial charge in [0.2, 0.25) is 0 Å². The molecule has 1 atom stereocenters. The number of hydrogen-bond acceptors (Lipinski definition) is 4. The van der Waals surface area contributed by atoms with Gasteiger partial charge >= 0.3 is 0 Å². The molecule has 2 rings (SSSR count). The topological polar surface area (TPSA) is 68.0 Å². The molecule has 20 heavy (non-hydrogen) atoms. The third kappa shape index (κ3) is 3.19. The van der Waals surface area contributed by atoms with Crippen molar-refractivity contribution in [2.45, 2.75) is 26.8 Å². The average molecular weight is 354 g/mol. The molecular weight excluding hydrogens is 338 g/mol. The molecule has 3 N–H and O–H groups in total. The number of rotatable bonds is 3. The number of aryl methyl sites for hydroxylation is 2. The second-order valence-corrected chi connectivity index (χ2v) is 6.70. The lowest BCUT2D eigenvalue weighted by Crippen LogP contribution is -2.26. The van der Waals surface area contributed by atoms with Crippen molar-refractivity contribution in [2.75, 3.05) is 5.73 Å². The quantitative estimate of drug-likeness (QED) is 0.828. The first-order valence-corrected chi connectivity index (χ1v) is 7.79. The van der Waals surface area contributed by atoms with E-state index in [1.165, 1.54) is 0 Å². The zero-order valence-corrected chi connectivity index (χ0v) is 13.9. The molecule has 4 nitrogen and oxygen atoms in total. The smallest absolute Gasteiger partial charge is 0.251 e. The van der Waals surface area contributed by atoms with E-state index in [2.05, 4.69) is 26.2 Å². The zero-order valence-electron chi connectivity index (χ0n) is 11.5. The molecule has 0 aliphatic rings. The molecule has 0 bridgehead atoms. The Morgan fingerprint density at radius 2 is 2.15 bits per heavy atom. The van der Waals surface area contributed by atoms with Crippen molar-refractivity contribution in [3.05, 3.63) is 43.8 Å². The van der Waals surface area contributed by atoms with Crippen LogP contribution >= 0.6 is 27.3 Å². The highest BCUT2D eigenvalue weighted by molar-refractivity contribution is 9.10. The standard InChI is InChI=1S/C14H16BrN3OS/c1-7-13(20-9(3)17-7)8(2)18-14(19)10-4-5-12(16)11(15)6-10/h4-6,8H,16H2,1-3H3,(H,18,19). The third-order valence-corrected chi connectivity index (χ3v) is 4.89. The Labute approximate surface area is 130 Å². The lowest BCUT2D eigenvalue weighted by Gasteiger charge is -2.13. The molecule has 2 aromatic rings. The van der Waals surface area contributed by atoms with Crippen LogP contribution in [0.1, 0.15) is 38.9 Å². The average Bonchev–Trinajstić information content (AvgIpc) is 2.71. The molecule has 0 aliphatic heterocycles. The summed E-state index contributed by atoms with van der Waals surface area (Å²) in [6.07, 6.45) is 0. The SMILES string of the molecule is Cc1nc(C)c(C(C)NC(=O)c2ccc(N)c(Br)c2)s1. The van der Waals surface area contributed by atoms with E-state index in [1.54, 1.807) is 29.5 Å². The van der Waals surface area contributed by atoms with E-state index >= 15 is 0 Å². The minimum absolute atomic E-state index is 0.0648. The molecule has 1 aromatic heterocycles. The molecule has 1 aromatic carbocycles. The molecule has 0 radical (unpaired) electrons. The van der Waals surface area contributed by atoms with Crippen molar-refractivity contribution >= 4 is 38.9 Å². The fraction of sp³-hybridized carbons (Fsp3) is 0.286. The second kappa shape index (κ2) is 5.93. The highest BCUT2D eigenvalue weighted by Crippen LogP contribution is 2.25. The normalized spacial score (nSPS) is 12.2. The summed E-state index contributed by atoms with van der Waals surface area (Å²) in [4.78, 5) is 17.7. The maximum Gasteiger partial charge on any atom is 0.251 e. The molecule has 0 saturated heterocycles. The van der Waals surface area contributed by atoms with Gasteiger partial charge in [-0.2, -0.15) is 0 Å². The van der Waals surface area contributed by atoms with E-state index in [-0.39, 0.29) is 11.9 Å². The minimum Gasteiger partial charge on any atom is -0.398 e. The highest BCUT2D eigenvalue weighted by atomic mass is 79.9. The van der Waals surface area contributed by atoms with Gasteiger partial charge < -0.3 is 11.1 Å². The van der Waals surface area contributed by atoms with Crippen LogP contribution in [0.5, 0.6) is 0 Å². The van der Waals surface area contributed by atoms with E-state index in [9.17, 15) is 4.79 Å². The van der Waals surface area contributed by atoms with Crippen molar-refractivity contribution in [2.24, 2.45) is 0 Å². The summed E-state index contributed by atoms with van der Waals surface area (Å²) in [5.41, 5.74) is 7.88.